The largest absolute Gasteiger partial charge is 0.390 e. The molecule has 2 heteroatoms. The van der Waals surface area contributed by atoms with Crippen LogP contribution < -0.4 is 0 Å². The molecule has 0 aliphatic rings. The summed E-state index contributed by atoms with van der Waals surface area (Å²) >= 11 is 0. The number of aliphatic hydroxyl groups is 1. The highest BCUT2D eigenvalue weighted by atomic mass is 16.3. The van der Waals surface area contributed by atoms with Gasteiger partial charge in [-0.25, -0.2) is 0 Å². The molecule has 0 aromatic carbocycles. The predicted octanol–water partition coefficient (Wildman–Crippen LogP) is 0.574. The van der Waals surface area contributed by atoms with Gasteiger partial charge >= 0.3 is 0 Å². The molecule has 1 aromatic rings. The van der Waals surface area contributed by atoms with Gasteiger partial charge in [0.15, 0.2) is 0 Å². The monoisotopic (exact) mass is 111 g/mol. The molecule has 42 valence electrons. The molecule has 1 aromatic heterocycles. The fourth-order valence-electron chi connectivity index (χ4n) is 0.429. The summed E-state index contributed by atoms with van der Waals surface area (Å²) in [6.45, 7) is -2.32. The van der Waals surface area contributed by atoms with Crippen LogP contribution in [0.5, 0.6) is 0 Å². The molecule has 0 atom stereocenters. The first kappa shape index (κ1) is 3.20. The van der Waals surface area contributed by atoms with Gasteiger partial charge in [0.05, 0.1) is 15.0 Å². The number of hydrogen-bond donors (Lipinski definition) is 1. The standard InChI is InChI=1S/C6H7NO/c8-5-6-3-1-2-4-7-6/h1-4,8H,5H2/i5D2. The molecule has 0 fully saturated rings. The van der Waals surface area contributed by atoms with Crippen molar-refractivity contribution >= 4 is 0 Å². The number of pyridine rings is 1. The van der Waals surface area contributed by atoms with Gasteiger partial charge < -0.3 is 5.11 Å². The second kappa shape index (κ2) is 2.43. The van der Waals surface area contributed by atoms with Gasteiger partial charge in [0.1, 0.15) is 0 Å². The first-order valence-corrected chi connectivity index (χ1v) is 2.24. The lowest BCUT2D eigenvalue weighted by Gasteiger charge is -1.88. The molecule has 0 aliphatic heterocycles. The molecule has 0 saturated heterocycles. The molecule has 0 unspecified atom stereocenters. The van der Waals surface area contributed by atoms with Crippen molar-refractivity contribution in [3.8, 4) is 0 Å². The fraction of sp³-hybridized carbons (Fsp3) is 0.167. The van der Waals surface area contributed by atoms with Gasteiger partial charge in [-0.15, -0.1) is 0 Å². The van der Waals surface area contributed by atoms with E-state index < -0.39 is 6.56 Å². The Morgan fingerprint density at radius 2 is 2.62 bits per heavy atom. The van der Waals surface area contributed by atoms with Gasteiger partial charge in [-0.05, 0) is 12.1 Å². The minimum Gasteiger partial charge on any atom is -0.390 e. The smallest absolute Gasteiger partial charge is 0.0852 e. The Morgan fingerprint density at radius 3 is 3.00 bits per heavy atom. The zero-order valence-corrected chi connectivity index (χ0v) is 4.20. The molecular weight excluding hydrogens is 102 g/mol. The van der Waals surface area contributed by atoms with Crippen LogP contribution in [0.25, 0.3) is 0 Å². The molecule has 1 rings (SSSR count). The summed E-state index contributed by atoms with van der Waals surface area (Å²) in [4.78, 5) is 3.62. The van der Waals surface area contributed by atoms with E-state index in [0.29, 0.717) is 0 Å². The second-order valence-electron chi connectivity index (χ2n) is 1.33. The van der Waals surface area contributed by atoms with E-state index >= 15 is 0 Å². The number of rotatable bonds is 1. The van der Waals surface area contributed by atoms with E-state index in [1.54, 1.807) is 12.1 Å². The summed E-state index contributed by atoms with van der Waals surface area (Å²) in [5.74, 6) is 0. The Balaban J connectivity index is 2.97. The third kappa shape index (κ3) is 1.04. The van der Waals surface area contributed by atoms with Gasteiger partial charge in [-0.3, -0.25) is 4.98 Å². The third-order valence-corrected chi connectivity index (χ3v) is 0.779. The maximum atomic E-state index is 8.76. The van der Waals surface area contributed by atoms with Crippen molar-refractivity contribution in [2.75, 3.05) is 0 Å². The van der Waals surface area contributed by atoms with E-state index in [0.717, 1.165) is 0 Å². The van der Waals surface area contributed by atoms with Crippen LogP contribution in [-0.2, 0) is 6.56 Å². The highest BCUT2D eigenvalue weighted by Crippen LogP contribution is 1.89. The van der Waals surface area contributed by atoms with E-state index in [4.69, 9.17) is 7.85 Å². The van der Waals surface area contributed by atoms with Crippen molar-refractivity contribution in [1.82, 2.24) is 4.98 Å². The lowest BCUT2D eigenvalue weighted by molar-refractivity contribution is 0.277. The van der Waals surface area contributed by atoms with Crippen molar-refractivity contribution in [3.05, 3.63) is 30.1 Å². The van der Waals surface area contributed by atoms with Gasteiger partial charge in [-0.1, -0.05) is 6.07 Å². The minimum absolute atomic E-state index is 0.0370. The fourth-order valence-corrected chi connectivity index (χ4v) is 0.429. The van der Waals surface area contributed by atoms with Crippen LogP contribution in [0.1, 0.15) is 8.44 Å². The molecule has 0 saturated carbocycles. The van der Waals surface area contributed by atoms with E-state index in [-0.39, 0.29) is 5.69 Å². The quantitative estimate of drug-likeness (QED) is 0.574. The molecule has 0 radical (unpaired) electrons. The molecule has 0 bridgehead atoms. The molecule has 8 heavy (non-hydrogen) atoms. The first-order chi connectivity index (χ1) is 4.61. The maximum Gasteiger partial charge on any atom is 0.0852 e. The van der Waals surface area contributed by atoms with Crippen molar-refractivity contribution in [1.29, 1.82) is 0 Å². The Bertz CT molecular complexity index is 207. The number of nitrogens with zero attached hydrogens (tertiary/aromatic N) is 1. The predicted molar refractivity (Wildman–Crippen MR) is 30.2 cm³/mol. The molecule has 0 aliphatic carbocycles. The SMILES string of the molecule is [2H]C([2H])(O)c1ccccn1. The summed E-state index contributed by atoms with van der Waals surface area (Å²) in [5.41, 5.74) is 0.0370. The van der Waals surface area contributed by atoms with Crippen LogP contribution in [0.2, 0.25) is 0 Å². The third-order valence-electron chi connectivity index (χ3n) is 0.779. The summed E-state index contributed by atoms with van der Waals surface area (Å²) in [5, 5.41) is 8.76. The number of hydrogen-bond acceptors (Lipinski definition) is 2. The topological polar surface area (TPSA) is 33.1 Å². The Morgan fingerprint density at radius 1 is 1.75 bits per heavy atom. The van der Waals surface area contributed by atoms with Crippen molar-refractivity contribution in [2.45, 2.75) is 6.56 Å². The van der Waals surface area contributed by atoms with E-state index in [2.05, 4.69) is 4.98 Å². The summed E-state index contributed by atoms with van der Waals surface area (Å²) in [7, 11) is 0. The molecule has 1 N–H and O–H groups in total. The maximum absolute atomic E-state index is 8.76. The second-order valence-corrected chi connectivity index (χ2v) is 1.33. The normalized spacial score (nSPS) is 14.6. The van der Waals surface area contributed by atoms with Crippen LogP contribution in [0.15, 0.2) is 24.4 Å². The van der Waals surface area contributed by atoms with E-state index in [9.17, 15) is 0 Å². The highest BCUT2D eigenvalue weighted by molar-refractivity contribution is 5.01. The minimum atomic E-state index is -2.32. The van der Waals surface area contributed by atoms with Crippen LogP contribution in [0.4, 0.5) is 0 Å². The van der Waals surface area contributed by atoms with E-state index in [1.807, 2.05) is 0 Å². The molecule has 0 amide bonds. The lowest BCUT2D eigenvalue weighted by Crippen LogP contribution is -1.84. The summed E-state index contributed by atoms with van der Waals surface area (Å²) in [6.07, 6.45) is 1.43. The zero-order chi connectivity index (χ0) is 7.61. The number of aromatic nitrogens is 1. The van der Waals surface area contributed by atoms with Crippen LogP contribution in [-0.4, -0.2) is 10.1 Å². The first-order valence-electron chi connectivity index (χ1n) is 3.24. The van der Waals surface area contributed by atoms with Gasteiger partial charge in [-0.2, -0.15) is 0 Å². The van der Waals surface area contributed by atoms with Crippen molar-refractivity contribution < 1.29 is 7.85 Å². The Kier molecular flexibility index (Phi) is 0.970. The van der Waals surface area contributed by atoms with Crippen molar-refractivity contribution in [3.63, 3.8) is 0 Å². The molecular formula is C6H7NO. The highest BCUT2D eigenvalue weighted by Gasteiger charge is 1.82. The van der Waals surface area contributed by atoms with Crippen molar-refractivity contribution in [2.24, 2.45) is 0 Å². The summed E-state index contributed by atoms with van der Waals surface area (Å²) < 4.78 is 13.7. The van der Waals surface area contributed by atoms with Crippen LogP contribution in [0, 0.1) is 0 Å². The van der Waals surface area contributed by atoms with Gasteiger partial charge in [0.25, 0.3) is 0 Å². The van der Waals surface area contributed by atoms with Gasteiger partial charge in [0, 0.05) is 6.20 Å². The zero-order valence-electron chi connectivity index (χ0n) is 6.20. The summed E-state index contributed by atoms with van der Waals surface area (Å²) in [6, 6.07) is 4.71. The van der Waals surface area contributed by atoms with Crippen LogP contribution >= 0.6 is 0 Å². The molecule has 1 heterocycles. The molecule has 0 spiro atoms. The van der Waals surface area contributed by atoms with Crippen LogP contribution in [0.3, 0.4) is 0 Å². The lowest BCUT2D eigenvalue weighted by atomic mass is 10.4. The Labute approximate surface area is 50.6 Å². The molecule has 2 nitrogen and oxygen atoms in total. The van der Waals surface area contributed by atoms with Gasteiger partial charge in [0.2, 0.25) is 0 Å². The average molecular weight is 111 g/mol. The average Bonchev–Trinajstić information content (AvgIpc) is 1.88. The van der Waals surface area contributed by atoms with E-state index in [1.165, 1.54) is 12.3 Å². The Hall–Kier alpha value is -0.890.